The predicted octanol–water partition coefficient (Wildman–Crippen LogP) is 2.21. The van der Waals surface area contributed by atoms with Gasteiger partial charge < -0.3 is 4.52 Å². The van der Waals surface area contributed by atoms with E-state index in [1.54, 1.807) is 6.07 Å². The molecule has 0 amide bonds. The van der Waals surface area contributed by atoms with E-state index < -0.39 is 0 Å². The van der Waals surface area contributed by atoms with Crippen LogP contribution in [0.5, 0.6) is 0 Å². The lowest BCUT2D eigenvalue weighted by Gasteiger charge is -1.78. The van der Waals surface area contributed by atoms with E-state index >= 15 is 0 Å². The zero-order valence-electron chi connectivity index (χ0n) is 4.80. The van der Waals surface area contributed by atoms with Crippen LogP contribution in [-0.4, -0.2) is 5.16 Å². The van der Waals surface area contributed by atoms with Crippen LogP contribution in [0.25, 0.3) is 0 Å². The Morgan fingerprint density at radius 1 is 1.67 bits per heavy atom. The summed E-state index contributed by atoms with van der Waals surface area (Å²) in [6.45, 7) is 0. The number of aromatic nitrogens is 1. The molecule has 1 aromatic rings. The van der Waals surface area contributed by atoms with Crippen molar-refractivity contribution in [1.82, 2.24) is 5.16 Å². The van der Waals surface area contributed by atoms with Crippen LogP contribution < -0.4 is 0 Å². The van der Waals surface area contributed by atoms with Gasteiger partial charge in [0.05, 0.1) is 5.69 Å². The van der Waals surface area contributed by atoms with E-state index in [1.807, 2.05) is 0 Å². The Morgan fingerprint density at radius 3 is 2.89 bits per heavy atom. The molecule has 0 saturated heterocycles. The van der Waals surface area contributed by atoms with Crippen molar-refractivity contribution in [2.45, 2.75) is 18.8 Å². The first kappa shape index (κ1) is 5.30. The fourth-order valence-electron chi connectivity index (χ4n) is 0.837. The molecule has 0 radical (unpaired) electrons. The Balaban J connectivity index is 2.28. The van der Waals surface area contributed by atoms with Crippen molar-refractivity contribution in [3.8, 4) is 0 Å². The van der Waals surface area contributed by atoms with Gasteiger partial charge in [-0.05, 0) is 24.4 Å². The number of hydrogen-bond acceptors (Lipinski definition) is 2. The fourth-order valence-corrected chi connectivity index (χ4v) is 0.983. The first-order valence-corrected chi connectivity index (χ1v) is 3.36. The van der Waals surface area contributed by atoms with Crippen molar-refractivity contribution < 1.29 is 4.52 Å². The van der Waals surface area contributed by atoms with E-state index in [9.17, 15) is 0 Å². The molecule has 1 saturated carbocycles. The molecule has 0 aliphatic heterocycles. The van der Waals surface area contributed by atoms with Gasteiger partial charge in [0.2, 0.25) is 5.22 Å². The molecule has 2 nitrogen and oxygen atoms in total. The maximum atomic E-state index is 5.50. The Morgan fingerprint density at radius 2 is 2.44 bits per heavy atom. The van der Waals surface area contributed by atoms with E-state index in [1.165, 1.54) is 12.8 Å². The smallest absolute Gasteiger partial charge is 0.226 e. The van der Waals surface area contributed by atoms with Crippen LogP contribution in [0.15, 0.2) is 10.6 Å². The summed E-state index contributed by atoms with van der Waals surface area (Å²) in [4.78, 5) is 0. The molecule has 1 aromatic heterocycles. The van der Waals surface area contributed by atoms with Gasteiger partial charge in [-0.25, -0.2) is 0 Å². The highest BCUT2D eigenvalue weighted by Crippen LogP contribution is 2.39. The molecule has 1 fully saturated rings. The van der Waals surface area contributed by atoms with Gasteiger partial charge in [-0.2, -0.15) is 0 Å². The van der Waals surface area contributed by atoms with Gasteiger partial charge in [0, 0.05) is 12.0 Å². The van der Waals surface area contributed by atoms with Crippen molar-refractivity contribution in [2.75, 3.05) is 0 Å². The van der Waals surface area contributed by atoms with E-state index in [-0.39, 0.29) is 0 Å². The SMILES string of the molecule is Clc1cc(C2CC2)no1. The third kappa shape index (κ3) is 0.944. The second kappa shape index (κ2) is 1.74. The normalized spacial score (nSPS) is 18.3. The van der Waals surface area contributed by atoms with Crippen LogP contribution >= 0.6 is 11.6 Å². The third-order valence-corrected chi connectivity index (χ3v) is 1.67. The summed E-state index contributed by atoms with van der Waals surface area (Å²) in [5.74, 6) is 0.640. The van der Waals surface area contributed by atoms with Crippen LogP contribution in [0.1, 0.15) is 24.5 Å². The zero-order valence-corrected chi connectivity index (χ0v) is 5.56. The minimum Gasteiger partial charge on any atom is -0.344 e. The Labute approximate surface area is 57.8 Å². The molecule has 3 heteroatoms. The monoisotopic (exact) mass is 143 g/mol. The average Bonchev–Trinajstić information content (AvgIpc) is 2.58. The molecule has 1 heterocycles. The fraction of sp³-hybridized carbons (Fsp3) is 0.500. The topological polar surface area (TPSA) is 26.0 Å². The number of halogens is 1. The third-order valence-electron chi connectivity index (χ3n) is 1.50. The Hall–Kier alpha value is -0.500. The summed E-state index contributed by atoms with van der Waals surface area (Å²) in [5.41, 5.74) is 1.01. The molecule has 0 spiro atoms. The molecular formula is C6H6ClNO. The largest absolute Gasteiger partial charge is 0.344 e. The van der Waals surface area contributed by atoms with Gasteiger partial charge in [-0.3, -0.25) is 0 Å². The minimum atomic E-state index is 0.400. The molecular weight excluding hydrogens is 138 g/mol. The first-order chi connectivity index (χ1) is 4.36. The summed E-state index contributed by atoms with van der Waals surface area (Å²) in [6.07, 6.45) is 2.48. The number of nitrogens with zero attached hydrogens (tertiary/aromatic N) is 1. The first-order valence-electron chi connectivity index (χ1n) is 2.98. The highest BCUT2D eigenvalue weighted by Gasteiger charge is 2.26. The molecule has 0 atom stereocenters. The quantitative estimate of drug-likeness (QED) is 0.603. The van der Waals surface area contributed by atoms with Crippen molar-refractivity contribution in [3.05, 3.63) is 17.0 Å². The zero-order chi connectivity index (χ0) is 6.27. The van der Waals surface area contributed by atoms with Gasteiger partial charge in [0.25, 0.3) is 0 Å². The molecule has 1 aliphatic rings. The average molecular weight is 144 g/mol. The summed E-state index contributed by atoms with van der Waals surface area (Å²) in [6, 6.07) is 1.79. The molecule has 48 valence electrons. The lowest BCUT2D eigenvalue weighted by atomic mass is 10.3. The van der Waals surface area contributed by atoms with E-state index in [2.05, 4.69) is 9.68 Å². The minimum absolute atomic E-state index is 0.400. The lowest BCUT2D eigenvalue weighted by molar-refractivity contribution is 0.413. The van der Waals surface area contributed by atoms with Gasteiger partial charge in [0.15, 0.2) is 0 Å². The van der Waals surface area contributed by atoms with E-state index in [0.29, 0.717) is 11.1 Å². The van der Waals surface area contributed by atoms with Crippen molar-refractivity contribution in [3.63, 3.8) is 0 Å². The highest BCUT2D eigenvalue weighted by atomic mass is 35.5. The van der Waals surface area contributed by atoms with Gasteiger partial charge in [-0.1, -0.05) is 5.16 Å². The van der Waals surface area contributed by atoms with E-state index in [0.717, 1.165) is 5.69 Å². The Kier molecular flexibility index (Phi) is 1.02. The number of rotatable bonds is 1. The highest BCUT2D eigenvalue weighted by molar-refractivity contribution is 6.28. The van der Waals surface area contributed by atoms with E-state index in [4.69, 9.17) is 11.6 Å². The number of hydrogen-bond donors (Lipinski definition) is 0. The van der Waals surface area contributed by atoms with Crippen LogP contribution in [-0.2, 0) is 0 Å². The summed E-state index contributed by atoms with van der Waals surface area (Å²) < 4.78 is 4.68. The maximum Gasteiger partial charge on any atom is 0.226 e. The van der Waals surface area contributed by atoms with Crippen molar-refractivity contribution >= 4 is 11.6 Å². The summed E-state index contributed by atoms with van der Waals surface area (Å²) in [7, 11) is 0. The molecule has 0 bridgehead atoms. The molecule has 9 heavy (non-hydrogen) atoms. The maximum absolute atomic E-state index is 5.50. The lowest BCUT2D eigenvalue weighted by Crippen LogP contribution is -1.73. The van der Waals surface area contributed by atoms with Gasteiger partial charge in [0.1, 0.15) is 0 Å². The van der Waals surface area contributed by atoms with Crippen LogP contribution in [0.4, 0.5) is 0 Å². The van der Waals surface area contributed by atoms with Crippen LogP contribution in [0.2, 0.25) is 5.22 Å². The molecule has 2 rings (SSSR count). The van der Waals surface area contributed by atoms with Crippen LogP contribution in [0, 0.1) is 0 Å². The summed E-state index contributed by atoms with van der Waals surface area (Å²) in [5, 5.41) is 4.17. The van der Waals surface area contributed by atoms with Gasteiger partial charge >= 0.3 is 0 Å². The Bertz CT molecular complexity index is 217. The van der Waals surface area contributed by atoms with Gasteiger partial charge in [-0.15, -0.1) is 0 Å². The predicted molar refractivity (Wildman–Crippen MR) is 33.5 cm³/mol. The molecule has 0 unspecified atom stereocenters. The van der Waals surface area contributed by atoms with Crippen molar-refractivity contribution in [1.29, 1.82) is 0 Å². The molecule has 0 N–H and O–H groups in total. The molecule has 1 aliphatic carbocycles. The summed E-state index contributed by atoms with van der Waals surface area (Å²) >= 11 is 5.50. The standard InChI is InChI=1S/C6H6ClNO/c7-6-3-5(8-9-6)4-1-2-4/h3-4H,1-2H2. The second-order valence-corrected chi connectivity index (χ2v) is 2.70. The molecule has 0 aromatic carbocycles. The second-order valence-electron chi connectivity index (χ2n) is 2.33. The van der Waals surface area contributed by atoms with Crippen molar-refractivity contribution in [2.24, 2.45) is 0 Å². The van der Waals surface area contributed by atoms with Crippen LogP contribution in [0.3, 0.4) is 0 Å².